The predicted molar refractivity (Wildman–Crippen MR) is 234 cm³/mol. The van der Waals surface area contributed by atoms with Crippen LogP contribution in [0, 0.1) is 0 Å². The van der Waals surface area contributed by atoms with Gasteiger partial charge in [-0.3, -0.25) is 0 Å². The monoisotopic (exact) mass is 792 g/mol. The highest BCUT2D eigenvalue weighted by molar-refractivity contribution is 8.00. The summed E-state index contributed by atoms with van der Waals surface area (Å²) in [4.78, 5) is 0. The first-order valence-electron chi connectivity index (χ1n) is 20.1. The van der Waals surface area contributed by atoms with Gasteiger partial charge in [-0.15, -0.1) is 5.11 Å². The van der Waals surface area contributed by atoms with Crippen molar-refractivity contribution in [2.75, 3.05) is 0 Å². The summed E-state index contributed by atoms with van der Waals surface area (Å²) in [6, 6.07) is 22.8. The van der Waals surface area contributed by atoms with Gasteiger partial charge in [0.2, 0.25) is 0 Å². The molecular formula is C45H54N5O4S2+. The van der Waals surface area contributed by atoms with E-state index in [4.69, 9.17) is 35.5 Å². The number of phenols is 4. The van der Waals surface area contributed by atoms with Crippen LogP contribution < -0.4 is 4.48 Å². The summed E-state index contributed by atoms with van der Waals surface area (Å²) in [5, 5.41) is 58.6. The van der Waals surface area contributed by atoms with Crippen molar-refractivity contribution in [3.63, 3.8) is 0 Å². The van der Waals surface area contributed by atoms with Gasteiger partial charge in [-0.2, -0.15) is 4.48 Å². The van der Waals surface area contributed by atoms with Gasteiger partial charge < -0.3 is 29.6 Å². The maximum Gasteiger partial charge on any atom is 0.314 e. The van der Waals surface area contributed by atoms with Crippen molar-refractivity contribution in [2.24, 2.45) is 10.2 Å². The lowest BCUT2D eigenvalue weighted by Gasteiger charge is -2.50. The Morgan fingerprint density at radius 2 is 1.04 bits per heavy atom. The number of unbranched alkanes of at least 4 members (excludes halogenated alkanes) is 5. The predicted octanol–water partition coefficient (Wildman–Crippen LogP) is 11.8. The minimum atomic E-state index is -1.82. The van der Waals surface area contributed by atoms with Crippen LogP contribution in [0.3, 0.4) is 0 Å². The van der Waals surface area contributed by atoms with Crippen LogP contribution in [0.25, 0.3) is 21.8 Å². The number of phenolic OH excluding ortho intramolecular Hbond substituents is 4. The molecule has 2 aromatic heterocycles. The van der Waals surface area contributed by atoms with Gasteiger partial charge >= 0.3 is 4.33 Å². The molecule has 4 aromatic carbocycles. The Balaban J connectivity index is 1.69. The van der Waals surface area contributed by atoms with Gasteiger partial charge in [0.1, 0.15) is 23.0 Å². The summed E-state index contributed by atoms with van der Waals surface area (Å²) in [6.45, 7) is 9.95. The lowest BCUT2D eigenvalue weighted by molar-refractivity contribution is 0.221. The van der Waals surface area contributed by atoms with Gasteiger partial charge in [0.15, 0.2) is 11.4 Å². The second-order valence-electron chi connectivity index (χ2n) is 15.1. The van der Waals surface area contributed by atoms with Crippen molar-refractivity contribution in [3.8, 4) is 23.0 Å². The molecule has 1 unspecified atom stereocenters. The molecule has 0 bridgehead atoms. The topological polar surface area (TPSA) is 116 Å². The fourth-order valence-electron chi connectivity index (χ4n) is 8.91. The molecule has 0 saturated carbocycles. The Morgan fingerprint density at radius 3 is 1.50 bits per heavy atom. The molecule has 9 nitrogen and oxygen atoms in total. The molecule has 56 heavy (non-hydrogen) atoms. The van der Waals surface area contributed by atoms with Crippen LogP contribution in [0.2, 0.25) is 0 Å². The third-order valence-corrected chi connectivity index (χ3v) is 12.5. The molecule has 11 heteroatoms. The number of aromatic hydroxyl groups is 4. The highest BCUT2D eigenvalue weighted by Gasteiger charge is 2.73. The minimum absolute atomic E-state index is 0.0578. The molecule has 0 radical (unpaired) electrons. The normalized spacial score (nSPS) is 17.4. The molecule has 1 atom stereocenters. The number of hydrogen-bond acceptors (Lipinski definition) is 8. The zero-order chi connectivity index (χ0) is 39.8. The van der Waals surface area contributed by atoms with E-state index in [1.54, 1.807) is 12.1 Å². The zero-order valence-electron chi connectivity index (χ0n) is 32.8. The van der Waals surface area contributed by atoms with Crippen molar-refractivity contribution in [2.45, 2.75) is 109 Å². The third kappa shape index (κ3) is 6.14. The number of aryl methyl sites for hydroxylation is 4. The molecule has 0 amide bonds. The number of nitrogens with zero attached hydrogens (tertiary/aromatic N) is 5. The summed E-state index contributed by atoms with van der Waals surface area (Å²) >= 11 is 10.8. The SMILES string of the molecule is CCCCCCn1ccc2c([N+]3(c4cccc5c4ccn5CCCCC)C(S)(S)N=NC3(c3cc(CC)c(O)cc3O)c3cc(CC)c(O)cc3O)cccc21. The summed E-state index contributed by atoms with van der Waals surface area (Å²) in [5.74, 6) is -0.595. The van der Waals surface area contributed by atoms with Crippen molar-refractivity contribution in [1.29, 1.82) is 0 Å². The Bertz CT molecular complexity index is 2360. The van der Waals surface area contributed by atoms with Crippen LogP contribution in [-0.4, -0.2) is 33.9 Å². The molecular weight excluding hydrogens is 739 g/mol. The van der Waals surface area contributed by atoms with Crippen molar-refractivity contribution >= 4 is 58.4 Å². The van der Waals surface area contributed by atoms with E-state index in [0.717, 1.165) is 84.8 Å². The third-order valence-electron chi connectivity index (χ3n) is 11.7. The number of hydrogen-bond donors (Lipinski definition) is 6. The lowest BCUT2D eigenvalue weighted by Crippen LogP contribution is -2.64. The quantitative estimate of drug-likeness (QED) is 0.0269. The summed E-state index contributed by atoms with van der Waals surface area (Å²) in [7, 11) is 0. The fourth-order valence-corrected chi connectivity index (χ4v) is 9.72. The number of thiol groups is 2. The van der Waals surface area contributed by atoms with E-state index in [1.807, 2.05) is 38.1 Å². The van der Waals surface area contributed by atoms with Gasteiger partial charge in [0.25, 0.3) is 5.66 Å². The highest BCUT2D eigenvalue weighted by atomic mass is 32.2. The molecule has 4 N–H and O–H groups in total. The van der Waals surface area contributed by atoms with E-state index in [-0.39, 0.29) is 27.5 Å². The maximum atomic E-state index is 12.2. The second kappa shape index (κ2) is 15.8. The number of benzene rings is 4. The van der Waals surface area contributed by atoms with Gasteiger partial charge in [-0.05, 0) is 73.2 Å². The Hall–Kier alpha value is -4.58. The van der Waals surface area contributed by atoms with Crippen LogP contribution in [0.4, 0.5) is 11.4 Å². The van der Waals surface area contributed by atoms with E-state index in [9.17, 15) is 20.4 Å². The van der Waals surface area contributed by atoms with Crippen molar-refractivity contribution < 1.29 is 20.4 Å². The van der Waals surface area contributed by atoms with Gasteiger partial charge in [0.05, 0.1) is 32.9 Å². The van der Waals surface area contributed by atoms with E-state index >= 15 is 0 Å². The standard InChI is InChI=1S/C45H53N5O4S2/c1-5-9-11-13-23-49-25-21-33-37(49)17-15-19-39(33)50(38-18-14-16-36-32(38)20-24-48(36)22-12-10-6-2)44(46-47-45(50,55)56,34-26-30(7-3)40(51)28-42(34)53)35-27-31(8-4)41(52)29-43(35)54/h14-21,24-29H,5-13,22-23H2,1-4H3,(H5-,51,52,53,54,55,56)/p+1. The average molecular weight is 793 g/mol. The van der Waals surface area contributed by atoms with Crippen LogP contribution in [0.15, 0.2) is 95.4 Å². The van der Waals surface area contributed by atoms with Crippen LogP contribution in [0.5, 0.6) is 23.0 Å². The average Bonchev–Trinajstić information content (AvgIpc) is 3.86. The second-order valence-corrected chi connectivity index (χ2v) is 16.7. The summed E-state index contributed by atoms with van der Waals surface area (Å²) < 4.78 is 2.54. The molecule has 0 aliphatic carbocycles. The molecule has 7 rings (SSSR count). The first kappa shape index (κ1) is 39.6. The summed E-state index contributed by atoms with van der Waals surface area (Å²) in [6.07, 6.45) is 12.8. The fraction of sp³-hybridized carbons (Fsp3) is 0.378. The first-order chi connectivity index (χ1) is 27.0. The van der Waals surface area contributed by atoms with Gasteiger partial charge in [0, 0.05) is 49.7 Å². The highest BCUT2D eigenvalue weighted by Crippen LogP contribution is 2.67. The molecule has 1 aliphatic rings. The molecule has 0 saturated heterocycles. The van der Waals surface area contributed by atoms with E-state index in [2.05, 4.69) is 59.6 Å². The van der Waals surface area contributed by atoms with E-state index in [1.165, 1.54) is 18.6 Å². The van der Waals surface area contributed by atoms with Crippen LogP contribution >= 0.6 is 25.3 Å². The van der Waals surface area contributed by atoms with Crippen LogP contribution in [0.1, 0.15) is 94.9 Å². The number of fused-ring (bicyclic) bond motifs is 2. The Labute approximate surface area is 340 Å². The largest absolute Gasteiger partial charge is 0.508 e. The molecule has 294 valence electrons. The minimum Gasteiger partial charge on any atom is -0.508 e. The number of aromatic nitrogens is 2. The maximum absolute atomic E-state index is 12.2. The van der Waals surface area contributed by atoms with Crippen molar-refractivity contribution in [3.05, 3.63) is 107 Å². The molecule has 3 heterocycles. The Morgan fingerprint density at radius 1 is 0.571 bits per heavy atom. The number of azo groups is 1. The molecule has 1 aliphatic heterocycles. The molecule has 0 fully saturated rings. The van der Waals surface area contributed by atoms with E-state index in [0.29, 0.717) is 35.1 Å². The number of rotatable bonds is 15. The zero-order valence-corrected chi connectivity index (χ0v) is 34.6. The van der Waals surface area contributed by atoms with Gasteiger partial charge in [-0.25, -0.2) is 0 Å². The number of quaternary nitrogens is 1. The Kier molecular flexibility index (Phi) is 11.2. The van der Waals surface area contributed by atoms with Crippen LogP contribution in [-0.2, 0) is 31.6 Å². The first-order valence-corrected chi connectivity index (χ1v) is 21.0. The summed E-state index contributed by atoms with van der Waals surface area (Å²) in [5.41, 5.74) is 3.41. The lowest BCUT2D eigenvalue weighted by atomic mass is 9.82. The molecule has 0 spiro atoms. The van der Waals surface area contributed by atoms with Crippen molar-refractivity contribution in [1.82, 2.24) is 13.6 Å². The smallest absolute Gasteiger partial charge is 0.314 e. The van der Waals surface area contributed by atoms with E-state index < -0.39 is 9.99 Å². The molecule has 6 aromatic rings. The van der Waals surface area contributed by atoms with Gasteiger partial charge in [-0.1, -0.05) is 102 Å².